The summed E-state index contributed by atoms with van der Waals surface area (Å²) in [7, 11) is 1.99. The summed E-state index contributed by atoms with van der Waals surface area (Å²) in [6.07, 6.45) is 3.38. The van der Waals surface area contributed by atoms with E-state index in [9.17, 15) is 0 Å². The Balaban J connectivity index is 1.93. The number of nitrogens with zero attached hydrogens (tertiary/aromatic N) is 3. The zero-order valence-electron chi connectivity index (χ0n) is 12.2. The number of nitrogens with two attached hydrogens (primary N) is 1. The second-order valence-corrected chi connectivity index (χ2v) is 5.51. The molecule has 1 fully saturated rings. The van der Waals surface area contributed by atoms with Crippen molar-refractivity contribution in [3.8, 4) is 0 Å². The maximum Gasteiger partial charge on any atom is 0.150 e. The molecule has 4 heteroatoms. The van der Waals surface area contributed by atoms with Crippen molar-refractivity contribution in [3.63, 3.8) is 0 Å². The van der Waals surface area contributed by atoms with E-state index in [2.05, 4.69) is 47.3 Å². The second-order valence-electron chi connectivity index (χ2n) is 5.51. The van der Waals surface area contributed by atoms with Crippen LogP contribution in [-0.2, 0) is 20.0 Å². The van der Waals surface area contributed by atoms with Crippen LogP contribution in [0.5, 0.6) is 0 Å². The van der Waals surface area contributed by atoms with E-state index < -0.39 is 0 Å². The van der Waals surface area contributed by atoms with Crippen LogP contribution >= 0.6 is 0 Å². The average Bonchev–Trinajstić information content (AvgIpc) is 3.25. The molecule has 2 N–H and O–H groups in total. The lowest BCUT2D eigenvalue weighted by Gasteiger charge is -2.25. The van der Waals surface area contributed by atoms with Crippen molar-refractivity contribution in [2.24, 2.45) is 7.05 Å². The first-order valence-corrected chi connectivity index (χ1v) is 7.32. The molecule has 0 amide bonds. The quantitative estimate of drug-likeness (QED) is 0.908. The normalized spacial score (nSPS) is 14.5. The van der Waals surface area contributed by atoms with Gasteiger partial charge in [-0.15, -0.1) is 0 Å². The summed E-state index contributed by atoms with van der Waals surface area (Å²) in [6, 6.07) is 11.2. The van der Waals surface area contributed by atoms with Crippen molar-refractivity contribution in [1.82, 2.24) is 9.78 Å². The topological polar surface area (TPSA) is 47.1 Å². The Labute approximate surface area is 120 Å². The van der Waals surface area contributed by atoms with Crippen LogP contribution < -0.4 is 10.6 Å². The number of nitrogen functional groups attached to an aromatic ring is 1. The average molecular weight is 270 g/mol. The van der Waals surface area contributed by atoms with Gasteiger partial charge < -0.3 is 10.6 Å². The SMILES string of the molecule is CCc1nn(C)c(N(Cc2ccccc2)C2CC2)c1N. The first-order valence-electron chi connectivity index (χ1n) is 7.32. The van der Waals surface area contributed by atoms with Gasteiger partial charge in [-0.3, -0.25) is 4.68 Å². The summed E-state index contributed by atoms with van der Waals surface area (Å²) < 4.78 is 1.94. The minimum absolute atomic E-state index is 0.609. The molecule has 0 spiro atoms. The van der Waals surface area contributed by atoms with Crippen LogP contribution in [0.15, 0.2) is 30.3 Å². The maximum absolute atomic E-state index is 6.31. The molecule has 2 aromatic rings. The van der Waals surface area contributed by atoms with Crippen LogP contribution in [0.1, 0.15) is 31.0 Å². The number of rotatable bonds is 5. The van der Waals surface area contributed by atoms with Gasteiger partial charge in [0.25, 0.3) is 0 Å². The fourth-order valence-corrected chi connectivity index (χ4v) is 2.73. The molecule has 0 atom stereocenters. The van der Waals surface area contributed by atoms with Gasteiger partial charge in [-0.25, -0.2) is 0 Å². The van der Waals surface area contributed by atoms with Crippen LogP contribution in [0.4, 0.5) is 11.5 Å². The third-order valence-corrected chi connectivity index (χ3v) is 3.92. The minimum atomic E-state index is 0.609. The summed E-state index contributed by atoms with van der Waals surface area (Å²) >= 11 is 0. The molecule has 1 aromatic carbocycles. The molecule has 1 aliphatic carbocycles. The van der Waals surface area contributed by atoms with Crippen molar-refractivity contribution < 1.29 is 0 Å². The van der Waals surface area contributed by atoms with Crippen LogP contribution in [0.3, 0.4) is 0 Å². The van der Waals surface area contributed by atoms with Gasteiger partial charge in [-0.05, 0) is 24.8 Å². The lowest BCUT2D eigenvalue weighted by molar-refractivity contribution is 0.688. The van der Waals surface area contributed by atoms with Crippen molar-refractivity contribution in [1.29, 1.82) is 0 Å². The Morgan fingerprint density at radius 2 is 2.00 bits per heavy atom. The molecule has 0 saturated heterocycles. The Morgan fingerprint density at radius 3 is 2.55 bits per heavy atom. The lowest BCUT2D eigenvalue weighted by Crippen LogP contribution is -2.28. The molecule has 0 radical (unpaired) electrons. The summed E-state index contributed by atoms with van der Waals surface area (Å²) in [5.74, 6) is 1.08. The van der Waals surface area contributed by atoms with E-state index in [1.54, 1.807) is 0 Å². The van der Waals surface area contributed by atoms with E-state index in [0.717, 1.165) is 30.2 Å². The Hall–Kier alpha value is -1.97. The van der Waals surface area contributed by atoms with E-state index in [-0.39, 0.29) is 0 Å². The number of benzene rings is 1. The van der Waals surface area contributed by atoms with E-state index in [1.807, 2.05) is 11.7 Å². The molecule has 0 aliphatic heterocycles. The largest absolute Gasteiger partial charge is 0.394 e. The monoisotopic (exact) mass is 270 g/mol. The smallest absolute Gasteiger partial charge is 0.150 e. The zero-order chi connectivity index (χ0) is 14.1. The highest BCUT2D eigenvalue weighted by molar-refractivity contribution is 5.67. The second kappa shape index (κ2) is 5.19. The van der Waals surface area contributed by atoms with Crippen molar-refractivity contribution >= 4 is 11.5 Å². The highest BCUT2D eigenvalue weighted by Gasteiger charge is 2.32. The van der Waals surface area contributed by atoms with Crippen LogP contribution in [0.2, 0.25) is 0 Å². The number of aryl methyl sites for hydroxylation is 2. The van der Waals surface area contributed by atoms with Crippen molar-refractivity contribution in [3.05, 3.63) is 41.6 Å². The number of hydrogen-bond donors (Lipinski definition) is 1. The van der Waals surface area contributed by atoms with Crippen molar-refractivity contribution in [2.75, 3.05) is 10.6 Å². The third kappa shape index (κ3) is 2.38. The molecule has 3 rings (SSSR count). The summed E-state index contributed by atoms with van der Waals surface area (Å²) in [5, 5.41) is 4.55. The zero-order valence-corrected chi connectivity index (χ0v) is 12.2. The molecular weight excluding hydrogens is 248 g/mol. The summed E-state index contributed by atoms with van der Waals surface area (Å²) in [6.45, 7) is 3.00. The standard InChI is InChI=1S/C16H22N4/c1-3-14-15(17)16(19(2)18-14)20(13-9-10-13)11-12-7-5-4-6-8-12/h4-8,13H,3,9-11,17H2,1-2H3. The minimum Gasteiger partial charge on any atom is -0.394 e. The number of hydrogen-bond acceptors (Lipinski definition) is 3. The molecular formula is C16H22N4. The molecule has 1 saturated carbocycles. The van der Waals surface area contributed by atoms with Gasteiger partial charge >= 0.3 is 0 Å². The first kappa shape index (κ1) is 13.0. The fraction of sp³-hybridized carbons (Fsp3) is 0.438. The van der Waals surface area contributed by atoms with Crippen LogP contribution in [0, 0.1) is 0 Å². The Kier molecular flexibility index (Phi) is 3.38. The van der Waals surface area contributed by atoms with Gasteiger partial charge in [-0.1, -0.05) is 37.3 Å². The first-order chi connectivity index (χ1) is 9.70. The van der Waals surface area contributed by atoms with Gasteiger partial charge in [-0.2, -0.15) is 5.10 Å². The molecule has 4 nitrogen and oxygen atoms in total. The Bertz CT molecular complexity index is 584. The van der Waals surface area contributed by atoms with Crippen molar-refractivity contribution in [2.45, 2.75) is 38.8 Å². The third-order valence-electron chi connectivity index (χ3n) is 3.92. The molecule has 106 valence electrons. The van der Waals surface area contributed by atoms with Gasteiger partial charge in [0.15, 0.2) is 5.82 Å². The number of aromatic nitrogens is 2. The highest BCUT2D eigenvalue weighted by Crippen LogP contribution is 2.37. The maximum atomic E-state index is 6.31. The fourth-order valence-electron chi connectivity index (χ4n) is 2.73. The Morgan fingerprint density at radius 1 is 1.30 bits per heavy atom. The molecule has 1 aromatic heterocycles. The van der Waals surface area contributed by atoms with E-state index in [4.69, 9.17) is 5.73 Å². The molecule has 1 heterocycles. The molecule has 0 unspecified atom stereocenters. The van der Waals surface area contributed by atoms with E-state index >= 15 is 0 Å². The van der Waals surface area contributed by atoms with Gasteiger partial charge in [0.1, 0.15) is 0 Å². The molecule has 0 bridgehead atoms. The van der Waals surface area contributed by atoms with Crippen LogP contribution in [-0.4, -0.2) is 15.8 Å². The molecule has 1 aliphatic rings. The number of anilines is 2. The molecule has 20 heavy (non-hydrogen) atoms. The van der Waals surface area contributed by atoms with Crippen LogP contribution in [0.25, 0.3) is 0 Å². The summed E-state index contributed by atoms with van der Waals surface area (Å²) in [4.78, 5) is 2.41. The lowest BCUT2D eigenvalue weighted by atomic mass is 10.2. The van der Waals surface area contributed by atoms with Gasteiger partial charge in [0.2, 0.25) is 0 Å². The van der Waals surface area contributed by atoms with E-state index in [1.165, 1.54) is 18.4 Å². The highest BCUT2D eigenvalue weighted by atomic mass is 15.4. The predicted octanol–water partition coefficient (Wildman–Crippen LogP) is 2.73. The predicted molar refractivity (Wildman–Crippen MR) is 82.6 cm³/mol. The van der Waals surface area contributed by atoms with E-state index in [0.29, 0.717) is 6.04 Å². The van der Waals surface area contributed by atoms with Gasteiger partial charge in [0.05, 0.1) is 11.4 Å². The van der Waals surface area contributed by atoms with Gasteiger partial charge in [0, 0.05) is 19.6 Å². The summed E-state index contributed by atoms with van der Waals surface area (Å²) in [5.41, 5.74) is 9.47.